The number of piperidine rings is 1. The second kappa shape index (κ2) is 4.58. The molecule has 1 aliphatic carbocycles. The molecule has 0 spiro atoms. The van der Waals surface area contributed by atoms with E-state index >= 15 is 0 Å². The minimum Gasteiger partial charge on any atom is -0.393 e. The standard InChI is InChI=1S/C16H23NO/c1-16(9-2-10-16)13-3-5-14(6-4-13)17-11-7-15(18)8-12-17/h3-6,15,18H,2,7-12H2,1H3. The van der Waals surface area contributed by atoms with Gasteiger partial charge < -0.3 is 10.0 Å². The van der Waals surface area contributed by atoms with Crippen LogP contribution >= 0.6 is 0 Å². The van der Waals surface area contributed by atoms with Gasteiger partial charge in [0.15, 0.2) is 0 Å². The number of hydrogen-bond acceptors (Lipinski definition) is 2. The normalized spacial score (nSPS) is 23.8. The molecule has 0 amide bonds. The van der Waals surface area contributed by atoms with E-state index in [1.54, 1.807) is 0 Å². The SMILES string of the molecule is CC1(c2ccc(N3CCC(O)CC3)cc2)CCC1. The fourth-order valence-corrected chi connectivity index (χ4v) is 3.19. The van der Waals surface area contributed by atoms with Gasteiger partial charge in [0, 0.05) is 18.8 Å². The van der Waals surface area contributed by atoms with Crippen LogP contribution in [0.3, 0.4) is 0 Å². The predicted molar refractivity (Wildman–Crippen MR) is 75.1 cm³/mol. The summed E-state index contributed by atoms with van der Waals surface area (Å²) in [5.41, 5.74) is 3.25. The van der Waals surface area contributed by atoms with Crippen molar-refractivity contribution in [2.24, 2.45) is 0 Å². The van der Waals surface area contributed by atoms with E-state index in [0.29, 0.717) is 5.41 Å². The fourth-order valence-electron chi connectivity index (χ4n) is 3.19. The Bertz CT molecular complexity index is 400. The van der Waals surface area contributed by atoms with E-state index in [2.05, 4.69) is 36.1 Å². The summed E-state index contributed by atoms with van der Waals surface area (Å²) in [6, 6.07) is 9.13. The summed E-state index contributed by atoms with van der Waals surface area (Å²) in [4.78, 5) is 2.39. The van der Waals surface area contributed by atoms with Crippen LogP contribution in [0.5, 0.6) is 0 Å². The largest absolute Gasteiger partial charge is 0.393 e. The van der Waals surface area contributed by atoms with Gasteiger partial charge in [-0.05, 0) is 48.8 Å². The fraction of sp³-hybridized carbons (Fsp3) is 0.625. The van der Waals surface area contributed by atoms with Crippen LogP contribution in [-0.4, -0.2) is 24.3 Å². The van der Waals surface area contributed by atoms with Crippen molar-refractivity contribution in [1.82, 2.24) is 0 Å². The third-order valence-electron chi connectivity index (χ3n) is 4.85. The van der Waals surface area contributed by atoms with Crippen molar-refractivity contribution >= 4 is 5.69 Å². The molecule has 18 heavy (non-hydrogen) atoms. The van der Waals surface area contributed by atoms with Crippen LogP contribution in [0.2, 0.25) is 0 Å². The third kappa shape index (κ3) is 2.14. The molecule has 1 heterocycles. The highest BCUT2D eigenvalue weighted by Crippen LogP contribution is 2.43. The quantitative estimate of drug-likeness (QED) is 0.865. The Hall–Kier alpha value is -1.02. The van der Waals surface area contributed by atoms with Gasteiger partial charge in [-0.25, -0.2) is 0 Å². The second-order valence-electron chi connectivity index (χ2n) is 6.18. The summed E-state index contributed by atoms with van der Waals surface area (Å²) in [5.74, 6) is 0. The zero-order chi connectivity index (χ0) is 12.6. The van der Waals surface area contributed by atoms with Crippen LogP contribution in [-0.2, 0) is 5.41 Å². The van der Waals surface area contributed by atoms with E-state index in [0.717, 1.165) is 25.9 Å². The molecule has 1 N–H and O–H groups in total. The molecule has 1 aromatic carbocycles. The van der Waals surface area contributed by atoms with Crippen molar-refractivity contribution in [2.45, 2.75) is 50.5 Å². The molecule has 98 valence electrons. The van der Waals surface area contributed by atoms with Crippen molar-refractivity contribution in [1.29, 1.82) is 0 Å². The summed E-state index contributed by atoms with van der Waals surface area (Å²) < 4.78 is 0. The molecule has 1 aliphatic heterocycles. The number of rotatable bonds is 2. The molecule has 0 bridgehead atoms. The van der Waals surface area contributed by atoms with Crippen LogP contribution in [0.4, 0.5) is 5.69 Å². The Kier molecular flexibility index (Phi) is 3.06. The lowest BCUT2D eigenvalue weighted by molar-refractivity contribution is 0.145. The summed E-state index contributed by atoms with van der Waals surface area (Å²) in [6.07, 6.45) is 5.76. The molecule has 0 unspecified atom stereocenters. The summed E-state index contributed by atoms with van der Waals surface area (Å²) in [5, 5.41) is 9.54. The van der Waals surface area contributed by atoms with Crippen LogP contribution in [0.25, 0.3) is 0 Å². The molecule has 1 aromatic rings. The Balaban J connectivity index is 1.71. The van der Waals surface area contributed by atoms with Gasteiger partial charge in [0.25, 0.3) is 0 Å². The van der Waals surface area contributed by atoms with Gasteiger partial charge in [0.05, 0.1) is 6.10 Å². The Morgan fingerprint density at radius 2 is 1.72 bits per heavy atom. The minimum absolute atomic E-state index is 0.0885. The highest BCUT2D eigenvalue weighted by Gasteiger charge is 2.33. The lowest BCUT2D eigenvalue weighted by Gasteiger charge is -2.39. The smallest absolute Gasteiger partial charge is 0.0574 e. The molecular weight excluding hydrogens is 222 g/mol. The maximum Gasteiger partial charge on any atom is 0.0574 e. The van der Waals surface area contributed by atoms with Crippen molar-refractivity contribution in [3.63, 3.8) is 0 Å². The van der Waals surface area contributed by atoms with Crippen LogP contribution in [0.15, 0.2) is 24.3 Å². The van der Waals surface area contributed by atoms with Crippen LogP contribution in [0, 0.1) is 0 Å². The molecule has 2 aliphatic rings. The first-order valence-corrected chi connectivity index (χ1v) is 7.21. The molecule has 0 atom stereocenters. The average molecular weight is 245 g/mol. The molecule has 2 fully saturated rings. The second-order valence-corrected chi connectivity index (χ2v) is 6.18. The van der Waals surface area contributed by atoms with Crippen molar-refractivity contribution in [2.75, 3.05) is 18.0 Å². The first kappa shape index (κ1) is 12.0. The topological polar surface area (TPSA) is 23.5 Å². The summed E-state index contributed by atoms with van der Waals surface area (Å²) in [7, 11) is 0. The van der Waals surface area contributed by atoms with Gasteiger partial charge in [-0.15, -0.1) is 0 Å². The molecule has 1 saturated carbocycles. The van der Waals surface area contributed by atoms with E-state index < -0.39 is 0 Å². The average Bonchev–Trinajstić information content (AvgIpc) is 2.37. The van der Waals surface area contributed by atoms with E-state index in [1.807, 2.05) is 0 Å². The van der Waals surface area contributed by atoms with Gasteiger partial charge in [0.1, 0.15) is 0 Å². The molecule has 2 heteroatoms. The molecule has 0 aromatic heterocycles. The number of hydrogen-bond donors (Lipinski definition) is 1. The number of nitrogens with zero attached hydrogens (tertiary/aromatic N) is 1. The van der Waals surface area contributed by atoms with Crippen molar-refractivity contribution in [3.05, 3.63) is 29.8 Å². The highest BCUT2D eigenvalue weighted by atomic mass is 16.3. The van der Waals surface area contributed by atoms with E-state index in [9.17, 15) is 5.11 Å². The van der Waals surface area contributed by atoms with Gasteiger partial charge in [0.2, 0.25) is 0 Å². The maximum absolute atomic E-state index is 9.54. The number of anilines is 1. The monoisotopic (exact) mass is 245 g/mol. The zero-order valence-corrected chi connectivity index (χ0v) is 11.2. The predicted octanol–water partition coefficient (Wildman–Crippen LogP) is 3.09. The van der Waals surface area contributed by atoms with Crippen LogP contribution < -0.4 is 4.90 Å². The Morgan fingerprint density at radius 3 is 2.22 bits per heavy atom. The highest BCUT2D eigenvalue weighted by molar-refractivity contribution is 5.49. The Morgan fingerprint density at radius 1 is 1.11 bits per heavy atom. The first-order valence-electron chi connectivity index (χ1n) is 7.21. The van der Waals surface area contributed by atoms with Crippen molar-refractivity contribution in [3.8, 4) is 0 Å². The van der Waals surface area contributed by atoms with Crippen LogP contribution in [0.1, 0.15) is 44.6 Å². The van der Waals surface area contributed by atoms with E-state index in [1.165, 1.54) is 30.5 Å². The van der Waals surface area contributed by atoms with E-state index in [4.69, 9.17) is 0 Å². The molecule has 2 nitrogen and oxygen atoms in total. The minimum atomic E-state index is -0.0885. The van der Waals surface area contributed by atoms with Gasteiger partial charge >= 0.3 is 0 Å². The summed E-state index contributed by atoms with van der Waals surface area (Å²) >= 11 is 0. The lowest BCUT2D eigenvalue weighted by Crippen LogP contribution is -2.36. The van der Waals surface area contributed by atoms with Gasteiger partial charge in [-0.2, -0.15) is 0 Å². The molecule has 3 rings (SSSR count). The molecule has 1 saturated heterocycles. The van der Waals surface area contributed by atoms with Crippen molar-refractivity contribution < 1.29 is 5.11 Å². The maximum atomic E-state index is 9.54. The number of aliphatic hydroxyl groups is 1. The third-order valence-corrected chi connectivity index (χ3v) is 4.85. The summed E-state index contributed by atoms with van der Waals surface area (Å²) in [6.45, 7) is 4.35. The van der Waals surface area contributed by atoms with E-state index in [-0.39, 0.29) is 6.10 Å². The Labute approximate surface area is 110 Å². The van der Waals surface area contributed by atoms with Gasteiger partial charge in [-0.1, -0.05) is 25.5 Å². The lowest BCUT2D eigenvalue weighted by atomic mass is 9.66. The van der Waals surface area contributed by atoms with Gasteiger partial charge in [-0.3, -0.25) is 0 Å². The molecule has 0 radical (unpaired) electrons. The zero-order valence-electron chi connectivity index (χ0n) is 11.2. The first-order chi connectivity index (χ1) is 8.67. The number of aliphatic hydroxyl groups excluding tert-OH is 1. The number of benzene rings is 1. The molecular formula is C16H23NO.